The van der Waals surface area contributed by atoms with E-state index in [-0.39, 0.29) is 19.4 Å². The molecule has 3 rings (SSSR count). The molecule has 0 atom stereocenters. The van der Waals surface area contributed by atoms with Gasteiger partial charge in [-0.2, -0.15) is 5.10 Å². The highest BCUT2D eigenvalue weighted by atomic mass is 79.9. The van der Waals surface area contributed by atoms with Gasteiger partial charge in [-0.05, 0) is 50.2 Å². The third-order valence-electron chi connectivity index (χ3n) is 3.77. The normalized spacial score (nSPS) is 12.3. The average molecular weight is 462 g/mol. The third-order valence-corrected chi connectivity index (χ3v) is 4.26. The molecule has 0 aromatic heterocycles. The topological polar surface area (TPSA) is 98.2 Å². The molecule has 0 radical (unpaired) electrons. The van der Waals surface area contributed by atoms with E-state index in [0.29, 0.717) is 28.4 Å². The van der Waals surface area contributed by atoms with Crippen LogP contribution in [0, 0.1) is 0 Å². The molecule has 0 unspecified atom stereocenters. The van der Waals surface area contributed by atoms with Gasteiger partial charge in [0.15, 0.2) is 11.5 Å². The Balaban J connectivity index is 1.52. The Hall–Kier alpha value is -3.07. The Kier molecular flexibility index (Phi) is 6.71. The molecule has 2 amide bonds. The van der Waals surface area contributed by atoms with E-state index in [4.69, 9.17) is 14.2 Å². The van der Waals surface area contributed by atoms with Gasteiger partial charge in [-0.1, -0.05) is 15.9 Å². The van der Waals surface area contributed by atoms with Crippen molar-refractivity contribution in [2.45, 2.75) is 20.0 Å². The number of rotatable bonds is 7. The number of hydrogen-bond acceptors (Lipinski definition) is 6. The molecule has 0 fully saturated rings. The van der Waals surface area contributed by atoms with E-state index in [0.717, 1.165) is 4.47 Å². The van der Waals surface area contributed by atoms with Crippen LogP contribution in [0.15, 0.2) is 46.0 Å². The highest BCUT2D eigenvalue weighted by Gasteiger charge is 2.16. The second kappa shape index (κ2) is 9.42. The maximum absolute atomic E-state index is 12.2. The Morgan fingerprint density at radius 1 is 1.21 bits per heavy atom. The van der Waals surface area contributed by atoms with Crippen molar-refractivity contribution in [2.24, 2.45) is 5.10 Å². The summed E-state index contributed by atoms with van der Waals surface area (Å²) < 4.78 is 17.0. The molecule has 1 heterocycles. The number of halogens is 1. The van der Waals surface area contributed by atoms with Gasteiger partial charge in [0.2, 0.25) is 6.79 Å². The zero-order chi connectivity index (χ0) is 20.8. The molecule has 0 aliphatic carbocycles. The van der Waals surface area contributed by atoms with E-state index in [1.54, 1.807) is 18.2 Å². The van der Waals surface area contributed by atoms with Crippen molar-refractivity contribution in [1.29, 1.82) is 0 Å². The van der Waals surface area contributed by atoms with Crippen molar-refractivity contribution < 1.29 is 23.8 Å². The minimum atomic E-state index is -0.461. The molecule has 1 aliphatic rings. The molecule has 1 aliphatic heterocycles. The number of carbonyl (C=O) groups is 2. The number of amides is 2. The Labute approximate surface area is 176 Å². The monoisotopic (exact) mass is 461 g/mol. The number of hydrogen-bond donors (Lipinski definition) is 2. The van der Waals surface area contributed by atoms with Crippen molar-refractivity contribution in [3.05, 3.63) is 52.0 Å². The molecule has 0 spiro atoms. The molecule has 9 heteroatoms. The van der Waals surface area contributed by atoms with Crippen LogP contribution < -0.4 is 25.0 Å². The van der Waals surface area contributed by atoms with Gasteiger partial charge in [-0.25, -0.2) is 5.43 Å². The number of benzene rings is 2. The summed E-state index contributed by atoms with van der Waals surface area (Å²) in [4.78, 5) is 24.1. The summed E-state index contributed by atoms with van der Waals surface area (Å²) >= 11 is 3.40. The molecule has 2 aromatic carbocycles. The summed E-state index contributed by atoms with van der Waals surface area (Å²) in [6.45, 7) is 3.75. The van der Waals surface area contributed by atoms with Crippen LogP contribution in [0.25, 0.3) is 0 Å². The molecule has 29 heavy (non-hydrogen) atoms. The minimum Gasteiger partial charge on any atom is -0.490 e. The summed E-state index contributed by atoms with van der Waals surface area (Å²) in [6.07, 6.45) is 1.49. The van der Waals surface area contributed by atoms with Gasteiger partial charge in [-0.15, -0.1) is 0 Å². The van der Waals surface area contributed by atoms with Gasteiger partial charge in [0.1, 0.15) is 5.75 Å². The number of carbonyl (C=O) groups excluding carboxylic acids is 2. The molecule has 8 nitrogen and oxygen atoms in total. The predicted molar refractivity (Wildman–Crippen MR) is 111 cm³/mol. The van der Waals surface area contributed by atoms with Crippen molar-refractivity contribution in [1.82, 2.24) is 10.7 Å². The summed E-state index contributed by atoms with van der Waals surface area (Å²) in [5, 5.41) is 6.47. The first-order chi connectivity index (χ1) is 13.9. The zero-order valence-electron chi connectivity index (χ0n) is 15.9. The molecular weight excluding hydrogens is 442 g/mol. The van der Waals surface area contributed by atoms with Crippen LogP contribution in [0.5, 0.6) is 17.2 Å². The largest absolute Gasteiger partial charge is 0.490 e. The van der Waals surface area contributed by atoms with Crippen molar-refractivity contribution in [3.8, 4) is 17.2 Å². The fraction of sp³-hybridized carbons (Fsp3) is 0.250. The van der Waals surface area contributed by atoms with Crippen LogP contribution in [-0.2, 0) is 4.79 Å². The van der Waals surface area contributed by atoms with Crippen LogP contribution in [0.4, 0.5) is 0 Å². The van der Waals surface area contributed by atoms with E-state index in [9.17, 15) is 9.59 Å². The lowest BCUT2D eigenvalue weighted by atomic mass is 10.2. The van der Waals surface area contributed by atoms with Crippen LogP contribution in [-0.4, -0.2) is 37.5 Å². The number of hydrazone groups is 1. The van der Waals surface area contributed by atoms with Crippen molar-refractivity contribution >= 4 is 34.0 Å². The van der Waals surface area contributed by atoms with Crippen LogP contribution in [0.2, 0.25) is 0 Å². The molecule has 0 saturated heterocycles. The number of ether oxygens (including phenoxy) is 3. The number of fused-ring (bicyclic) bond motifs is 1. The maximum atomic E-state index is 12.2. The molecule has 2 N–H and O–H groups in total. The second-order valence-corrected chi connectivity index (χ2v) is 7.31. The van der Waals surface area contributed by atoms with Gasteiger partial charge in [-0.3, -0.25) is 9.59 Å². The first-order valence-corrected chi connectivity index (χ1v) is 9.67. The Morgan fingerprint density at radius 2 is 2.00 bits per heavy atom. The quantitative estimate of drug-likeness (QED) is 0.487. The lowest BCUT2D eigenvalue weighted by Gasteiger charge is -2.12. The fourth-order valence-electron chi connectivity index (χ4n) is 2.50. The van der Waals surface area contributed by atoms with Gasteiger partial charge in [0, 0.05) is 15.6 Å². The van der Waals surface area contributed by atoms with Crippen LogP contribution in [0.1, 0.15) is 29.8 Å². The number of nitrogens with one attached hydrogen (secondary N) is 2. The van der Waals surface area contributed by atoms with Gasteiger partial charge >= 0.3 is 0 Å². The first-order valence-electron chi connectivity index (χ1n) is 8.88. The smallest absolute Gasteiger partial charge is 0.259 e. The second-order valence-electron chi connectivity index (χ2n) is 6.39. The Bertz CT molecular complexity index is 946. The van der Waals surface area contributed by atoms with E-state index in [1.807, 2.05) is 32.0 Å². The first kappa shape index (κ1) is 20.7. The van der Waals surface area contributed by atoms with E-state index in [1.165, 1.54) is 6.21 Å². The molecular formula is C20H20BrN3O5. The Morgan fingerprint density at radius 3 is 2.79 bits per heavy atom. The maximum Gasteiger partial charge on any atom is 0.259 e. The van der Waals surface area contributed by atoms with Crippen molar-refractivity contribution in [3.63, 3.8) is 0 Å². The van der Waals surface area contributed by atoms with Crippen LogP contribution in [0.3, 0.4) is 0 Å². The summed E-state index contributed by atoms with van der Waals surface area (Å²) in [5.41, 5.74) is 3.46. The third kappa shape index (κ3) is 5.71. The van der Waals surface area contributed by atoms with Gasteiger partial charge in [0.05, 0.1) is 18.9 Å². The highest BCUT2D eigenvalue weighted by molar-refractivity contribution is 9.10. The lowest BCUT2D eigenvalue weighted by molar-refractivity contribution is -0.120. The van der Waals surface area contributed by atoms with Gasteiger partial charge in [0.25, 0.3) is 11.8 Å². The zero-order valence-corrected chi connectivity index (χ0v) is 17.5. The van der Waals surface area contributed by atoms with Crippen molar-refractivity contribution in [2.75, 3.05) is 13.3 Å². The standard InChI is InChI=1S/C20H20BrN3O5/c1-12(2)29-16-6-4-15(21)7-14(16)9-23-24-19(25)10-22-20(26)13-3-5-17-18(8-13)28-11-27-17/h3-9,12H,10-11H2,1-2H3,(H,22,26)(H,24,25). The van der Waals surface area contributed by atoms with E-state index >= 15 is 0 Å². The lowest BCUT2D eigenvalue weighted by Crippen LogP contribution is -2.34. The van der Waals surface area contributed by atoms with Gasteiger partial charge < -0.3 is 19.5 Å². The predicted octanol–water partition coefficient (Wildman–Crippen LogP) is 2.85. The highest BCUT2D eigenvalue weighted by Crippen LogP contribution is 2.32. The fourth-order valence-corrected chi connectivity index (χ4v) is 2.87. The molecule has 0 saturated carbocycles. The summed E-state index contributed by atoms with van der Waals surface area (Å²) in [5.74, 6) is 0.873. The van der Waals surface area contributed by atoms with Crippen LogP contribution >= 0.6 is 15.9 Å². The minimum absolute atomic E-state index is 0.00399. The summed E-state index contributed by atoms with van der Waals surface area (Å²) in [7, 11) is 0. The molecule has 152 valence electrons. The number of nitrogens with zero attached hydrogens (tertiary/aromatic N) is 1. The molecule has 2 aromatic rings. The summed E-state index contributed by atoms with van der Waals surface area (Å²) in [6, 6.07) is 10.3. The SMILES string of the molecule is CC(C)Oc1ccc(Br)cc1C=NNC(=O)CNC(=O)c1ccc2c(c1)OCO2. The molecule has 0 bridgehead atoms. The average Bonchev–Trinajstić information content (AvgIpc) is 3.15. The van der Waals surface area contributed by atoms with E-state index in [2.05, 4.69) is 31.8 Å². The van der Waals surface area contributed by atoms with E-state index < -0.39 is 11.8 Å².